The van der Waals surface area contributed by atoms with E-state index >= 15 is 0 Å². The van der Waals surface area contributed by atoms with Gasteiger partial charge in [-0.15, -0.1) is 0 Å². The van der Waals surface area contributed by atoms with Crippen LogP contribution in [0.1, 0.15) is 41.0 Å². The van der Waals surface area contributed by atoms with E-state index in [9.17, 15) is 29.4 Å². The van der Waals surface area contributed by atoms with E-state index < -0.39 is 47.4 Å². The smallest absolute Gasteiger partial charge is 0.350 e. The second kappa shape index (κ2) is 10.8. The van der Waals surface area contributed by atoms with E-state index in [1.807, 2.05) is 0 Å². The first-order valence-corrected chi connectivity index (χ1v) is 8.69. The van der Waals surface area contributed by atoms with Gasteiger partial charge in [-0.2, -0.15) is 0 Å². The van der Waals surface area contributed by atoms with E-state index in [0.29, 0.717) is 0 Å². The molecule has 156 valence electrons. The Bertz CT molecular complexity index is 506. The first kappa shape index (κ1) is 24.8. The van der Waals surface area contributed by atoms with Gasteiger partial charge in [0.1, 0.15) is 0 Å². The van der Waals surface area contributed by atoms with Gasteiger partial charge in [0.2, 0.25) is 0 Å². The van der Waals surface area contributed by atoms with Gasteiger partial charge < -0.3 is 29.2 Å². The first-order chi connectivity index (χ1) is 12.6. The average Bonchev–Trinajstić information content (AvgIpc) is 2.61. The van der Waals surface area contributed by atoms with Crippen molar-refractivity contribution < 1.29 is 48.3 Å². The molecule has 10 nitrogen and oxygen atoms in total. The molecule has 0 aromatic heterocycles. The Morgan fingerprint density at radius 1 is 0.704 bits per heavy atom. The van der Waals surface area contributed by atoms with Crippen molar-refractivity contribution in [2.45, 2.75) is 52.2 Å². The maximum absolute atomic E-state index is 12.2. The number of hydrogen-bond donors (Lipinski definition) is 2. The summed E-state index contributed by atoms with van der Waals surface area (Å²) >= 11 is 0. The minimum absolute atomic E-state index is 0.144. The minimum atomic E-state index is -2.85. The maximum atomic E-state index is 12.2. The molecule has 10 heteroatoms. The Morgan fingerprint density at radius 2 is 1.00 bits per heavy atom. The zero-order valence-electron chi connectivity index (χ0n) is 16.3. The first-order valence-electron chi connectivity index (χ1n) is 8.69. The fraction of sp³-hybridized carbons (Fsp3) is 0.765. The van der Waals surface area contributed by atoms with Crippen molar-refractivity contribution in [3.05, 3.63) is 0 Å². The van der Waals surface area contributed by atoms with Crippen molar-refractivity contribution in [2.24, 2.45) is 5.92 Å². The molecule has 0 saturated carbocycles. The molecule has 0 fully saturated rings. The van der Waals surface area contributed by atoms with Crippen molar-refractivity contribution in [3.8, 4) is 0 Å². The lowest BCUT2D eigenvalue weighted by Crippen LogP contribution is -2.58. The van der Waals surface area contributed by atoms with E-state index in [4.69, 9.17) is 18.9 Å². The van der Waals surface area contributed by atoms with Crippen LogP contribution in [0.4, 0.5) is 0 Å². The summed E-state index contributed by atoms with van der Waals surface area (Å²) in [4.78, 5) is 48.7. The molecule has 0 spiro atoms. The summed E-state index contributed by atoms with van der Waals surface area (Å²) in [6.07, 6.45) is -0.848. The van der Waals surface area contributed by atoms with Crippen molar-refractivity contribution in [1.82, 2.24) is 0 Å². The second-order valence-corrected chi connectivity index (χ2v) is 5.61. The number of carbonyl (C=O) groups is 4. The van der Waals surface area contributed by atoms with E-state index in [1.165, 1.54) is 34.6 Å². The Labute approximate surface area is 157 Å². The zero-order valence-corrected chi connectivity index (χ0v) is 16.3. The number of aliphatic hydroxyl groups is 2. The summed E-state index contributed by atoms with van der Waals surface area (Å²) in [7, 11) is 0. The summed E-state index contributed by atoms with van der Waals surface area (Å²) in [5.41, 5.74) is -5.68. The zero-order chi connectivity index (χ0) is 21.3. The van der Waals surface area contributed by atoms with E-state index in [2.05, 4.69) is 0 Å². The van der Waals surface area contributed by atoms with E-state index in [1.54, 1.807) is 0 Å². The Hall–Kier alpha value is -2.20. The molecule has 0 aliphatic carbocycles. The van der Waals surface area contributed by atoms with Crippen LogP contribution in [-0.2, 0) is 38.1 Å². The monoisotopic (exact) mass is 392 g/mol. The summed E-state index contributed by atoms with van der Waals surface area (Å²) in [5, 5.41) is 21.3. The van der Waals surface area contributed by atoms with E-state index in [-0.39, 0.29) is 26.4 Å². The Balaban J connectivity index is 5.94. The maximum Gasteiger partial charge on any atom is 0.350 e. The fourth-order valence-electron chi connectivity index (χ4n) is 2.31. The minimum Gasteiger partial charge on any atom is -0.463 e. The molecule has 0 amide bonds. The quantitative estimate of drug-likeness (QED) is 0.274. The molecule has 0 saturated heterocycles. The number of hydrogen-bond acceptors (Lipinski definition) is 10. The lowest BCUT2D eigenvalue weighted by atomic mass is 9.80. The largest absolute Gasteiger partial charge is 0.463 e. The molecule has 0 aliphatic rings. The second-order valence-electron chi connectivity index (χ2n) is 5.61. The molecule has 0 aliphatic heterocycles. The number of rotatable bonds is 11. The molecule has 0 heterocycles. The van der Waals surface area contributed by atoms with Crippen LogP contribution in [0.2, 0.25) is 0 Å². The van der Waals surface area contributed by atoms with Gasteiger partial charge in [-0.3, -0.25) is 0 Å². The Kier molecular flexibility index (Phi) is 9.95. The van der Waals surface area contributed by atoms with Crippen LogP contribution >= 0.6 is 0 Å². The van der Waals surface area contributed by atoms with Crippen molar-refractivity contribution in [1.29, 1.82) is 0 Å². The van der Waals surface area contributed by atoms with Gasteiger partial charge in [-0.05, 0) is 27.7 Å². The van der Waals surface area contributed by atoms with Gasteiger partial charge in [0, 0.05) is 12.3 Å². The highest BCUT2D eigenvalue weighted by atomic mass is 16.6. The van der Waals surface area contributed by atoms with Gasteiger partial charge in [0.05, 0.1) is 26.4 Å². The SMILES string of the molecule is CCOC(=O)C(O)(CC(C)C(O)(C(=O)OCC)C(=O)OCC)C(=O)OCC. The van der Waals surface area contributed by atoms with Gasteiger partial charge in [-0.25, -0.2) is 19.2 Å². The highest BCUT2D eigenvalue weighted by Gasteiger charge is 2.58. The lowest BCUT2D eigenvalue weighted by Gasteiger charge is -2.33. The molecule has 0 aromatic rings. The van der Waals surface area contributed by atoms with Gasteiger partial charge in [-0.1, -0.05) is 6.92 Å². The van der Waals surface area contributed by atoms with Crippen LogP contribution in [0.3, 0.4) is 0 Å². The van der Waals surface area contributed by atoms with Gasteiger partial charge >= 0.3 is 23.9 Å². The average molecular weight is 392 g/mol. The normalized spacial score (nSPS) is 12.7. The molecule has 0 rings (SSSR count). The van der Waals surface area contributed by atoms with Crippen LogP contribution in [0.5, 0.6) is 0 Å². The van der Waals surface area contributed by atoms with Crippen LogP contribution in [0, 0.1) is 5.92 Å². The molecule has 1 unspecified atom stereocenters. The van der Waals surface area contributed by atoms with Crippen LogP contribution in [0.25, 0.3) is 0 Å². The van der Waals surface area contributed by atoms with E-state index in [0.717, 1.165) is 0 Å². The summed E-state index contributed by atoms with van der Waals surface area (Å²) < 4.78 is 18.8. The van der Waals surface area contributed by atoms with Crippen LogP contribution in [0.15, 0.2) is 0 Å². The number of esters is 4. The molecule has 0 radical (unpaired) electrons. The summed E-state index contributed by atoms with van der Waals surface area (Å²) in [6, 6.07) is 0. The van der Waals surface area contributed by atoms with Crippen molar-refractivity contribution >= 4 is 23.9 Å². The van der Waals surface area contributed by atoms with Gasteiger partial charge in [0.25, 0.3) is 11.2 Å². The Morgan fingerprint density at radius 3 is 1.30 bits per heavy atom. The lowest BCUT2D eigenvalue weighted by molar-refractivity contribution is -0.199. The molecule has 0 aromatic carbocycles. The summed E-state index contributed by atoms with van der Waals surface area (Å²) in [5.74, 6) is -6.78. The highest BCUT2D eigenvalue weighted by molar-refractivity contribution is 6.05. The number of carbonyl (C=O) groups excluding carboxylic acids is 4. The third-order valence-corrected chi connectivity index (χ3v) is 3.71. The summed E-state index contributed by atoms with van der Waals surface area (Å²) in [6.45, 7) is 6.44. The predicted octanol–water partition coefficient (Wildman–Crippen LogP) is -0.273. The van der Waals surface area contributed by atoms with Crippen molar-refractivity contribution in [2.75, 3.05) is 26.4 Å². The molecule has 27 heavy (non-hydrogen) atoms. The molecule has 2 N–H and O–H groups in total. The molecule has 1 atom stereocenters. The molecular formula is C17H28O10. The third-order valence-electron chi connectivity index (χ3n) is 3.71. The highest BCUT2D eigenvalue weighted by Crippen LogP contribution is 2.31. The predicted molar refractivity (Wildman–Crippen MR) is 90.2 cm³/mol. The van der Waals surface area contributed by atoms with Crippen molar-refractivity contribution in [3.63, 3.8) is 0 Å². The van der Waals surface area contributed by atoms with Gasteiger partial charge in [0.15, 0.2) is 0 Å². The standard InChI is InChI=1S/C17H28O10/c1-6-24-12(18)16(22,13(19)25-7-2)10-11(5)17(23,14(20)26-8-3)15(21)27-9-4/h11,22-23H,6-10H2,1-5H3. The molecular weight excluding hydrogens is 364 g/mol. The molecule has 0 bridgehead atoms. The third kappa shape index (κ3) is 5.64. The topological polar surface area (TPSA) is 146 Å². The number of ether oxygens (including phenoxy) is 4. The van der Waals surface area contributed by atoms with Crippen LogP contribution in [-0.4, -0.2) is 71.7 Å². The van der Waals surface area contributed by atoms with Crippen LogP contribution < -0.4 is 0 Å². The fourth-order valence-corrected chi connectivity index (χ4v) is 2.31.